The van der Waals surface area contributed by atoms with Crippen LogP contribution in [-0.2, 0) is 11.3 Å². The van der Waals surface area contributed by atoms with Crippen LogP contribution in [0.2, 0.25) is 0 Å². The van der Waals surface area contributed by atoms with Crippen LogP contribution in [0.5, 0.6) is 0 Å². The first kappa shape index (κ1) is 19.4. The molecule has 1 amide bonds. The lowest BCUT2D eigenvalue weighted by molar-refractivity contribution is -0.134. The van der Waals surface area contributed by atoms with E-state index in [1.54, 1.807) is 0 Å². The molecule has 0 atom stereocenters. The smallest absolute Gasteiger partial charge is 0.236 e. The molecule has 6 nitrogen and oxygen atoms in total. The van der Waals surface area contributed by atoms with Crippen molar-refractivity contribution in [3.8, 4) is 0 Å². The van der Waals surface area contributed by atoms with Gasteiger partial charge in [-0.1, -0.05) is 13.0 Å². The van der Waals surface area contributed by atoms with Crippen molar-refractivity contribution in [1.29, 1.82) is 0 Å². The molecule has 2 aliphatic rings. The summed E-state index contributed by atoms with van der Waals surface area (Å²) in [5.41, 5.74) is 2.11. The van der Waals surface area contributed by atoms with E-state index in [9.17, 15) is 4.79 Å². The molecule has 2 aromatic heterocycles. The fourth-order valence-corrected chi connectivity index (χ4v) is 4.53. The third-order valence-electron chi connectivity index (χ3n) is 6.55. The highest BCUT2D eigenvalue weighted by atomic mass is 16.2. The van der Waals surface area contributed by atoms with Gasteiger partial charge in [0.25, 0.3) is 0 Å². The second-order valence-corrected chi connectivity index (χ2v) is 8.67. The molecule has 1 aliphatic heterocycles. The summed E-state index contributed by atoms with van der Waals surface area (Å²) in [6.45, 7) is 7.65. The topological polar surface area (TPSA) is 44.1 Å². The summed E-state index contributed by atoms with van der Waals surface area (Å²) < 4.78 is 2.08. The van der Waals surface area contributed by atoms with Crippen LogP contribution in [0.15, 0.2) is 30.6 Å². The Bertz CT molecular complexity index is 754. The second kappa shape index (κ2) is 8.62. The minimum Gasteiger partial charge on any atom is -0.342 e. The van der Waals surface area contributed by atoms with E-state index in [4.69, 9.17) is 4.98 Å². The summed E-state index contributed by atoms with van der Waals surface area (Å²) >= 11 is 0. The first-order chi connectivity index (χ1) is 13.6. The van der Waals surface area contributed by atoms with Crippen LogP contribution in [-0.4, -0.2) is 75.8 Å². The average molecular weight is 384 g/mol. The summed E-state index contributed by atoms with van der Waals surface area (Å²) in [6.07, 6.45) is 8.99. The van der Waals surface area contributed by atoms with Gasteiger partial charge in [0.15, 0.2) is 0 Å². The molecule has 0 bridgehead atoms. The molecule has 0 N–H and O–H groups in total. The van der Waals surface area contributed by atoms with Crippen molar-refractivity contribution in [2.45, 2.75) is 45.2 Å². The van der Waals surface area contributed by atoms with Crippen molar-refractivity contribution < 1.29 is 4.79 Å². The number of hydrogen-bond donors (Lipinski definition) is 0. The lowest BCUT2D eigenvalue weighted by Crippen LogP contribution is -2.50. The van der Waals surface area contributed by atoms with E-state index in [0.29, 0.717) is 12.6 Å². The molecule has 0 spiro atoms. The summed E-state index contributed by atoms with van der Waals surface area (Å²) in [6, 6.07) is 6.53. The number of pyridine rings is 1. The van der Waals surface area contributed by atoms with Crippen LogP contribution in [0.4, 0.5) is 0 Å². The first-order valence-electron chi connectivity index (χ1n) is 10.7. The van der Waals surface area contributed by atoms with Gasteiger partial charge in [-0.25, -0.2) is 4.98 Å². The molecule has 2 aromatic rings. The van der Waals surface area contributed by atoms with E-state index < -0.39 is 0 Å². The van der Waals surface area contributed by atoms with Crippen LogP contribution < -0.4 is 0 Å². The van der Waals surface area contributed by atoms with Crippen molar-refractivity contribution >= 4 is 11.6 Å². The van der Waals surface area contributed by atoms with Crippen LogP contribution in [0, 0.1) is 5.92 Å². The predicted octanol–water partition coefficient (Wildman–Crippen LogP) is 2.49. The van der Waals surface area contributed by atoms with E-state index in [1.165, 1.54) is 12.8 Å². The predicted molar refractivity (Wildman–Crippen MR) is 111 cm³/mol. The van der Waals surface area contributed by atoms with E-state index in [0.717, 1.165) is 62.8 Å². The number of fused-ring (bicyclic) bond motifs is 1. The van der Waals surface area contributed by atoms with Crippen LogP contribution in [0.1, 0.15) is 38.3 Å². The van der Waals surface area contributed by atoms with Crippen LogP contribution >= 0.6 is 0 Å². The van der Waals surface area contributed by atoms with Crippen molar-refractivity contribution in [1.82, 2.24) is 24.1 Å². The van der Waals surface area contributed by atoms with Crippen LogP contribution in [0.25, 0.3) is 5.65 Å². The molecule has 28 heavy (non-hydrogen) atoms. The lowest BCUT2D eigenvalue weighted by atomic mass is 9.87. The summed E-state index contributed by atoms with van der Waals surface area (Å²) in [4.78, 5) is 24.2. The first-order valence-corrected chi connectivity index (χ1v) is 10.7. The van der Waals surface area contributed by atoms with Crippen molar-refractivity contribution in [2.24, 2.45) is 5.92 Å². The Morgan fingerprint density at radius 2 is 1.82 bits per heavy atom. The largest absolute Gasteiger partial charge is 0.342 e. The fraction of sp³-hybridized carbons (Fsp3) is 0.636. The molecule has 1 saturated heterocycles. The molecule has 4 rings (SSSR count). The monoisotopic (exact) mass is 383 g/mol. The minimum absolute atomic E-state index is 0.286. The van der Waals surface area contributed by atoms with Gasteiger partial charge in [-0.15, -0.1) is 0 Å². The SMILES string of the molecule is CC1CCC(N(C)C(=O)CN2CCN(Cc3cn4ccccc4n3)CC2)CC1. The number of carbonyl (C=O) groups excluding carboxylic acids is 1. The molecule has 1 aliphatic carbocycles. The highest BCUT2D eigenvalue weighted by Gasteiger charge is 2.27. The zero-order valence-corrected chi connectivity index (χ0v) is 17.3. The Balaban J connectivity index is 1.23. The Labute approximate surface area is 168 Å². The van der Waals surface area contributed by atoms with Crippen molar-refractivity contribution in [3.63, 3.8) is 0 Å². The standard InChI is InChI=1S/C22H33N5O/c1-18-6-8-20(9-7-18)24(2)22(28)17-26-13-11-25(12-14-26)15-19-16-27-10-4-3-5-21(27)23-19/h3-5,10,16,18,20H,6-9,11-15,17H2,1-2H3. The zero-order valence-electron chi connectivity index (χ0n) is 17.3. The van der Waals surface area contributed by atoms with Gasteiger partial charge in [-0.2, -0.15) is 0 Å². The van der Waals surface area contributed by atoms with Gasteiger partial charge < -0.3 is 9.30 Å². The number of rotatable bonds is 5. The number of amides is 1. The molecule has 0 aromatic carbocycles. The summed E-state index contributed by atoms with van der Waals surface area (Å²) in [5.74, 6) is 1.11. The van der Waals surface area contributed by atoms with E-state index in [1.807, 2.05) is 36.3 Å². The van der Waals surface area contributed by atoms with Gasteiger partial charge in [0.2, 0.25) is 5.91 Å². The minimum atomic E-state index is 0.286. The van der Waals surface area contributed by atoms with Gasteiger partial charge >= 0.3 is 0 Å². The summed E-state index contributed by atoms with van der Waals surface area (Å²) in [7, 11) is 2.00. The normalized spacial score (nSPS) is 24.5. The highest BCUT2D eigenvalue weighted by Crippen LogP contribution is 2.26. The van der Waals surface area contributed by atoms with E-state index >= 15 is 0 Å². The Morgan fingerprint density at radius 3 is 2.54 bits per heavy atom. The third kappa shape index (κ3) is 4.55. The maximum Gasteiger partial charge on any atom is 0.236 e. The molecule has 1 saturated carbocycles. The number of hydrogen-bond acceptors (Lipinski definition) is 4. The summed E-state index contributed by atoms with van der Waals surface area (Å²) in [5, 5.41) is 0. The second-order valence-electron chi connectivity index (χ2n) is 8.67. The van der Waals surface area contributed by atoms with Gasteiger partial charge in [-0.05, 0) is 43.7 Å². The number of piperazine rings is 1. The average Bonchev–Trinajstić information content (AvgIpc) is 3.12. The molecule has 3 heterocycles. The zero-order chi connectivity index (χ0) is 19.5. The number of nitrogens with zero attached hydrogens (tertiary/aromatic N) is 5. The van der Waals surface area contributed by atoms with Crippen LogP contribution in [0.3, 0.4) is 0 Å². The molecule has 6 heteroatoms. The van der Waals surface area contributed by atoms with Gasteiger partial charge in [-0.3, -0.25) is 14.6 Å². The number of carbonyl (C=O) groups is 1. The number of aromatic nitrogens is 2. The number of imidazole rings is 1. The molecule has 0 unspecified atom stereocenters. The van der Waals surface area contributed by atoms with Crippen molar-refractivity contribution in [2.75, 3.05) is 39.8 Å². The number of likely N-dealkylation sites (N-methyl/N-ethyl adjacent to an activating group) is 1. The molecule has 2 fully saturated rings. The van der Waals surface area contributed by atoms with E-state index in [-0.39, 0.29) is 5.91 Å². The third-order valence-corrected chi connectivity index (χ3v) is 6.55. The Kier molecular flexibility index (Phi) is 5.97. The molecule has 152 valence electrons. The van der Waals surface area contributed by atoms with E-state index in [2.05, 4.69) is 27.3 Å². The molecular formula is C22H33N5O. The Morgan fingerprint density at radius 1 is 1.11 bits per heavy atom. The highest BCUT2D eigenvalue weighted by molar-refractivity contribution is 5.78. The Hall–Kier alpha value is -1.92. The molecular weight excluding hydrogens is 350 g/mol. The van der Waals surface area contributed by atoms with Gasteiger partial charge in [0.1, 0.15) is 5.65 Å². The fourth-order valence-electron chi connectivity index (χ4n) is 4.53. The van der Waals surface area contributed by atoms with Crippen molar-refractivity contribution in [3.05, 3.63) is 36.3 Å². The van der Waals surface area contributed by atoms with Gasteiger partial charge in [0.05, 0.1) is 12.2 Å². The molecule has 0 radical (unpaired) electrons. The lowest BCUT2D eigenvalue weighted by Gasteiger charge is -2.37. The maximum absolute atomic E-state index is 12.7. The quantitative estimate of drug-likeness (QED) is 0.796. The van der Waals surface area contributed by atoms with Gasteiger partial charge in [0, 0.05) is 58.2 Å². The maximum atomic E-state index is 12.7.